The number of halogens is 5. The minimum absolute atomic E-state index is 0.104. The van der Waals surface area contributed by atoms with Gasteiger partial charge < -0.3 is 24.5 Å². The summed E-state index contributed by atoms with van der Waals surface area (Å²) in [5, 5.41) is 11.7. The van der Waals surface area contributed by atoms with Crippen molar-refractivity contribution in [2.24, 2.45) is 13.0 Å². The Bertz CT molecular complexity index is 1030. The Morgan fingerprint density at radius 2 is 2.03 bits per heavy atom. The third kappa shape index (κ3) is 3.71. The average molecular weight is 463 g/mol. The monoisotopic (exact) mass is 463 g/mol. The van der Waals surface area contributed by atoms with Gasteiger partial charge in [-0.25, -0.2) is 9.37 Å². The van der Waals surface area contributed by atoms with Gasteiger partial charge in [0, 0.05) is 24.4 Å². The number of alkyl halides is 3. The number of hydrogen-bond donors (Lipinski definition) is 2. The van der Waals surface area contributed by atoms with Crippen molar-refractivity contribution >= 4 is 11.7 Å². The molecule has 2 N–H and O–H groups in total. The van der Waals surface area contributed by atoms with Gasteiger partial charge in [0.25, 0.3) is 5.91 Å². The summed E-state index contributed by atoms with van der Waals surface area (Å²) >= 11 is 0. The van der Waals surface area contributed by atoms with E-state index in [-0.39, 0.29) is 17.2 Å². The minimum atomic E-state index is -4.86. The Hall–Kier alpha value is -2.73. The highest BCUT2D eigenvalue weighted by Crippen LogP contribution is 2.55. The first-order valence-electron chi connectivity index (χ1n) is 9.56. The van der Waals surface area contributed by atoms with Gasteiger partial charge in [0.15, 0.2) is 17.2 Å². The number of methoxy groups -OCH3 is 1. The first-order valence-corrected chi connectivity index (χ1v) is 9.56. The fraction of sp³-hybridized carbons (Fsp3) is 0.500. The third-order valence-electron chi connectivity index (χ3n) is 6.05. The van der Waals surface area contributed by atoms with Gasteiger partial charge in [0.2, 0.25) is 5.82 Å². The Labute approximate surface area is 180 Å². The van der Waals surface area contributed by atoms with Crippen LogP contribution in [0.5, 0.6) is 5.75 Å². The largest absolute Gasteiger partial charge is 0.493 e. The zero-order valence-corrected chi connectivity index (χ0v) is 17.6. The highest BCUT2D eigenvalue weighted by atomic mass is 19.4. The van der Waals surface area contributed by atoms with Crippen LogP contribution in [-0.4, -0.2) is 45.6 Å². The van der Waals surface area contributed by atoms with Crippen LogP contribution in [0.15, 0.2) is 18.3 Å². The van der Waals surface area contributed by atoms with Crippen molar-refractivity contribution in [2.45, 2.75) is 44.3 Å². The SMILES string of the molecule is COc1c([C@H]2[C@H](C(=O)Nc3cnc(CO)n3C)O[C@@](C)(C(F)(F)F)[C@H]2C)ccc(F)c1F. The van der Waals surface area contributed by atoms with Crippen molar-refractivity contribution in [3.05, 3.63) is 41.4 Å². The molecule has 4 atom stereocenters. The molecule has 1 aromatic heterocycles. The molecule has 1 aliphatic rings. The van der Waals surface area contributed by atoms with Gasteiger partial charge in [-0.3, -0.25) is 4.79 Å². The summed E-state index contributed by atoms with van der Waals surface area (Å²) in [5.41, 5.74) is -2.88. The van der Waals surface area contributed by atoms with Gasteiger partial charge in [0.1, 0.15) is 24.4 Å². The highest BCUT2D eigenvalue weighted by molar-refractivity contribution is 5.94. The molecule has 0 aliphatic carbocycles. The molecule has 2 aromatic rings. The van der Waals surface area contributed by atoms with E-state index in [2.05, 4.69) is 10.3 Å². The second-order valence-electron chi connectivity index (χ2n) is 7.71. The zero-order chi connectivity index (χ0) is 24.0. The molecule has 12 heteroatoms. The van der Waals surface area contributed by atoms with E-state index in [1.165, 1.54) is 24.7 Å². The van der Waals surface area contributed by atoms with Gasteiger partial charge in [-0.2, -0.15) is 17.6 Å². The summed E-state index contributed by atoms with van der Waals surface area (Å²) in [5.74, 6) is -6.55. The van der Waals surface area contributed by atoms with Crippen LogP contribution in [-0.2, 0) is 23.2 Å². The third-order valence-corrected chi connectivity index (χ3v) is 6.05. The highest BCUT2D eigenvalue weighted by Gasteiger charge is 2.66. The molecule has 1 aromatic carbocycles. The number of carbonyl (C=O) groups excluding carboxylic acids is 1. The standard InChI is InChI=1S/C20H22F5N3O4/c1-9-14(10-5-6-11(21)15(22)16(10)31-4)17(32-19(9,2)20(23,24)25)18(30)27-12-7-26-13(8-29)28(12)3/h5-7,9,14,17,29H,8H2,1-4H3,(H,27,30)/t9-,14-,17+,19+/m0/s1. The van der Waals surface area contributed by atoms with Crippen LogP contribution in [0.3, 0.4) is 0 Å². The molecule has 176 valence electrons. The predicted molar refractivity (Wildman–Crippen MR) is 102 cm³/mol. The normalized spacial score (nSPS) is 25.8. The maximum absolute atomic E-state index is 14.3. The van der Waals surface area contributed by atoms with Crippen molar-refractivity contribution in [1.29, 1.82) is 0 Å². The number of amides is 1. The van der Waals surface area contributed by atoms with E-state index in [9.17, 15) is 31.9 Å². The van der Waals surface area contributed by atoms with Crippen LogP contribution in [0.2, 0.25) is 0 Å². The topological polar surface area (TPSA) is 85.6 Å². The van der Waals surface area contributed by atoms with Gasteiger partial charge >= 0.3 is 6.18 Å². The minimum Gasteiger partial charge on any atom is -0.493 e. The molecular weight excluding hydrogens is 441 g/mol. The Kier molecular flexibility index (Phi) is 6.22. The number of aliphatic hydroxyl groups is 1. The number of aromatic nitrogens is 2. The molecule has 1 aliphatic heterocycles. The van der Waals surface area contributed by atoms with Crippen LogP contribution >= 0.6 is 0 Å². The Balaban J connectivity index is 2.08. The molecule has 3 rings (SSSR count). The number of nitrogens with one attached hydrogen (secondary N) is 1. The number of benzene rings is 1. The molecule has 0 unspecified atom stereocenters. The molecule has 0 radical (unpaired) electrons. The molecule has 1 amide bonds. The maximum Gasteiger partial charge on any atom is 0.417 e. The first kappa shape index (κ1) is 23.9. The lowest BCUT2D eigenvalue weighted by atomic mass is 9.77. The number of hydrogen-bond acceptors (Lipinski definition) is 5. The number of imidazole rings is 1. The summed E-state index contributed by atoms with van der Waals surface area (Å²) < 4.78 is 81.4. The molecule has 0 saturated carbocycles. The molecule has 0 spiro atoms. The fourth-order valence-corrected chi connectivity index (χ4v) is 3.95. The van der Waals surface area contributed by atoms with E-state index in [1.54, 1.807) is 0 Å². The number of rotatable bonds is 5. The van der Waals surface area contributed by atoms with E-state index < -0.39 is 59.6 Å². The van der Waals surface area contributed by atoms with Gasteiger partial charge in [-0.1, -0.05) is 13.0 Å². The van der Waals surface area contributed by atoms with E-state index in [0.29, 0.717) is 0 Å². The zero-order valence-electron chi connectivity index (χ0n) is 17.6. The Morgan fingerprint density at radius 3 is 2.56 bits per heavy atom. The Morgan fingerprint density at radius 1 is 1.38 bits per heavy atom. The average Bonchev–Trinajstić information content (AvgIpc) is 3.21. The van der Waals surface area contributed by atoms with Crippen molar-refractivity contribution in [1.82, 2.24) is 9.55 Å². The molecule has 7 nitrogen and oxygen atoms in total. The van der Waals surface area contributed by atoms with Crippen LogP contribution in [0.4, 0.5) is 27.8 Å². The molecule has 1 fully saturated rings. The summed E-state index contributed by atoms with van der Waals surface area (Å²) in [6.07, 6.45) is -5.36. The molecular formula is C20H22F5N3O4. The second kappa shape index (κ2) is 8.32. The summed E-state index contributed by atoms with van der Waals surface area (Å²) in [4.78, 5) is 16.9. The van der Waals surface area contributed by atoms with Gasteiger partial charge in [-0.15, -0.1) is 0 Å². The molecule has 1 saturated heterocycles. The lowest BCUT2D eigenvalue weighted by Gasteiger charge is -2.32. The van der Waals surface area contributed by atoms with E-state index in [0.717, 1.165) is 26.2 Å². The second-order valence-corrected chi connectivity index (χ2v) is 7.71. The molecule has 2 heterocycles. The summed E-state index contributed by atoms with van der Waals surface area (Å²) in [6.45, 7) is 1.60. The van der Waals surface area contributed by atoms with Crippen molar-refractivity contribution in [2.75, 3.05) is 12.4 Å². The van der Waals surface area contributed by atoms with Crippen molar-refractivity contribution < 1.29 is 41.3 Å². The fourth-order valence-electron chi connectivity index (χ4n) is 3.95. The van der Waals surface area contributed by atoms with Crippen LogP contribution in [0, 0.1) is 17.6 Å². The van der Waals surface area contributed by atoms with Crippen molar-refractivity contribution in [3.8, 4) is 5.75 Å². The van der Waals surface area contributed by atoms with Crippen LogP contribution < -0.4 is 10.1 Å². The lowest BCUT2D eigenvalue weighted by Crippen LogP contribution is -2.47. The summed E-state index contributed by atoms with van der Waals surface area (Å²) in [7, 11) is 2.54. The first-order chi connectivity index (χ1) is 14.9. The summed E-state index contributed by atoms with van der Waals surface area (Å²) in [6, 6.07) is 1.84. The van der Waals surface area contributed by atoms with E-state index >= 15 is 0 Å². The number of carbonyl (C=O) groups is 1. The van der Waals surface area contributed by atoms with Crippen LogP contribution in [0.1, 0.15) is 31.2 Å². The van der Waals surface area contributed by atoms with Crippen molar-refractivity contribution in [3.63, 3.8) is 0 Å². The van der Waals surface area contributed by atoms with E-state index in [1.807, 2.05) is 0 Å². The lowest BCUT2D eigenvalue weighted by molar-refractivity contribution is -0.272. The van der Waals surface area contributed by atoms with Gasteiger partial charge in [-0.05, 0) is 13.0 Å². The molecule has 32 heavy (non-hydrogen) atoms. The number of ether oxygens (including phenoxy) is 2. The quantitative estimate of drug-likeness (QED) is 0.665. The predicted octanol–water partition coefficient (Wildman–Crippen LogP) is 3.28. The maximum atomic E-state index is 14.3. The van der Waals surface area contributed by atoms with Crippen LogP contribution in [0.25, 0.3) is 0 Å². The number of aliphatic hydroxyl groups excluding tert-OH is 1. The van der Waals surface area contributed by atoms with Gasteiger partial charge in [0.05, 0.1) is 13.3 Å². The number of nitrogens with zero attached hydrogens (tertiary/aromatic N) is 2. The number of anilines is 1. The molecule has 0 bridgehead atoms. The van der Waals surface area contributed by atoms with E-state index in [4.69, 9.17) is 9.47 Å². The smallest absolute Gasteiger partial charge is 0.417 e.